The number of hydrogen-bond donors (Lipinski definition) is 2. The van der Waals surface area contributed by atoms with Crippen molar-refractivity contribution in [3.8, 4) is 0 Å². The summed E-state index contributed by atoms with van der Waals surface area (Å²) < 4.78 is 5.14. The zero-order chi connectivity index (χ0) is 24.2. The largest absolute Gasteiger partial charge is 0.383 e. The van der Waals surface area contributed by atoms with E-state index in [0.29, 0.717) is 30.5 Å². The fourth-order valence-electron chi connectivity index (χ4n) is 4.62. The van der Waals surface area contributed by atoms with Crippen LogP contribution in [0.25, 0.3) is 0 Å². The number of rotatable bonds is 12. The van der Waals surface area contributed by atoms with Gasteiger partial charge in [-0.3, -0.25) is 14.4 Å². The second-order valence-electron chi connectivity index (χ2n) is 9.21. The molecule has 0 radical (unpaired) electrons. The Labute approximate surface area is 206 Å². The molecule has 2 fully saturated rings. The maximum absolute atomic E-state index is 12.9. The number of thiazole rings is 1. The van der Waals surface area contributed by atoms with Crippen LogP contribution < -0.4 is 10.6 Å². The van der Waals surface area contributed by atoms with E-state index >= 15 is 0 Å². The van der Waals surface area contributed by atoms with E-state index in [-0.39, 0.29) is 36.6 Å². The number of anilines is 1. The maximum atomic E-state index is 12.9. The van der Waals surface area contributed by atoms with Crippen LogP contribution in [0, 0.1) is 5.92 Å². The summed E-state index contributed by atoms with van der Waals surface area (Å²) in [7, 11) is 1.59. The first-order chi connectivity index (χ1) is 16.5. The molecule has 0 aromatic carbocycles. The summed E-state index contributed by atoms with van der Waals surface area (Å²) in [6, 6.07) is 0. The van der Waals surface area contributed by atoms with Crippen molar-refractivity contribution in [3.63, 3.8) is 0 Å². The van der Waals surface area contributed by atoms with Crippen LogP contribution in [0.1, 0.15) is 57.1 Å². The average Bonchev–Trinajstić information content (AvgIpc) is 3.28. The van der Waals surface area contributed by atoms with E-state index in [0.717, 1.165) is 45.3 Å². The first-order valence-corrected chi connectivity index (χ1v) is 13.4. The lowest BCUT2D eigenvalue weighted by molar-refractivity contribution is -0.139. The van der Waals surface area contributed by atoms with Gasteiger partial charge in [0.2, 0.25) is 17.7 Å². The second kappa shape index (κ2) is 14.4. The Bertz CT molecular complexity index is 790. The molecule has 1 saturated carbocycles. The molecule has 0 unspecified atom stereocenters. The van der Waals surface area contributed by atoms with E-state index in [1.54, 1.807) is 17.4 Å². The summed E-state index contributed by atoms with van der Waals surface area (Å²) in [6.45, 7) is 4.49. The summed E-state index contributed by atoms with van der Waals surface area (Å²) in [5, 5.41) is 7.97. The molecule has 2 N–H and O–H groups in total. The lowest BCUT2D eigenvalue weighted by Gasteiger charge is -2.28. The Hall–Kier alpha value is -2.04. The highest BCUT2D eigenvalue weighted by atomic mass is 32.1. The van der Waals surface area contributed by atoms with Crippen molar-refractivity contribution >= 4 is 34.2 Å². The molecule has 2 aliphatic rings. The summed E-state index contributed by atoms with van der Waals surface area (Å²) >= 11 is 1.29. The highest BCUT2D eigenvalue weighted by Gasteiger charge is 2.27. The van der Waals surface area contributed by atoms with Gasteiger partial charge in [0, 0.05) is 38.0 Å². The SMILES string of the molecule is COCCN(CC(=O)Nc1nc(CC(=O)NCCN2CCCCC2)cs1)C(=O)C1CCCCC1. The number of nitrogens with one attached hydrogen (secondary N) is 2. The van der Waals surface area contributed by atoms with Crippen LogP contribution in [0.2, 0.25) is 0 Å². The van der Waals surface area contributed by atoms with Crippen molar-refractivity contribution in [2.45, 2.75) is 57.8 Å². The fourth-order valence-corrected chi connectivity index (χ4v) is 5.34. The number of piperidine rings is 1. The molecule has 2 heterocycles. The first-order valence-electron chi connectivity index (χ1n) is 12.6. The summed E-state index contributed by atoms with van der Waals surface area (Å²) in [5.74, 6) is -0.317. The Morgan fingerprint density at radius 3 is 2.59 bits per heavy atom. The molecule has 1 saturated heterocycles. The second-order valence-corrected chi connectivity index (χ2v) is 10.1. The maximum Gasteiger partial charge on any atom is 0.245 e. The van der Waals surface area contributed by atoms with Crippen molar-refractivity contribution in [3.05, 3.63) is 11.1 Å². The highest BCUT2D eigenvalue weighted by Crippen LogP contribution is 2.25. The van der Waals surface area contributed by atoms with Gasteiger partial charge in [0.15, 0.2) is 5.13 Å². The molecule has 1 aromatic heterocycles. The monoisotopic (exact) mass is 493 g/mol. The molecule has 9 nitrogen and oxygen atoms in total. The number of aromatic nitrogens is 1. The molecule has 0 bridgehead atoms. The first kappa shape index (κ1) is 26.6. The molecule has 1 aromatic rings. The van der Waals surface area contributed by atoms with Crippen LogP contribution in [0.3, 0.4) is 0 Å². The zero-order valence-electron chi connectivity index (χ0n) is 20.4. The van der Waals surface area contributed by atoms with Gasteiger partial charge in [0.05, 0.1) is 18.7 Å². The van der Waals surface area contributed by atoms with E-state index in [1.807, 2.05) is 0 Å². The molecule has 3 rings (SSSR count). The van der Waals surface area contributed by atoms with E-state index < -0.39 is 0 Å². The van der Waals surface area contributed by atoms with Gasteiger partial charge in [-0.25, -0.2) is 4.98 Å². The van der Waals surface area contributed by atoms with Crippen LogP contribution >= 0.6 is 11.3 Å². The van der Waals surface area contributed by atoms with Gasteiger partial charge < -0.3 is 25.2 Å². The van der Waals surface area contributed by atoms with Gasteiger partial charge in [0.1, 0.15) is 6.54 Å². The number of methoxy groups -OCH3 is 1. The lowest BCUT2D eigenvalue weighted by Crippen LogP contribution is -2.43. The van der Waals surface area contributed by atoms with Gasteiger partial charge in [-0.05, 0) is 38.8 Å². The van der Waals surface area contributed by atoms with Crippen molar-refractivity contribution in [1.29, 1.82) is 0 Å². The summed E-state index contributed by atoms with van der Waals surface area (Å²) in [6.07, 6.45) is 9.04. The van der Waals surface area contributed by atoms with Crippen molar-refractivity contribution in [2.24, 2.45) is 5.92 Å². The predicted octanol–water partition coefficient (Wildman–Crippen LogP) is 2.28. The van der Waals surface area contributed by atoms with Crippen LogP contribution in [-0.4, -0.2) is 85.5 Å². The van der Waals surface area contributed by atoms with E-state index in [1.165, 1.54) is 37.0 Å². The third-order valence-electron chi connectivity index (χ3n) is 6.50. The Balaban J connectivity index is 1.42. The minimum atomic E-state index is -0.285. The number of hydrogen-bond acceptors (Lipinski definition) is 7. The summed E-state index contributed by atoms with van der Waals surface area (Å²) in [5.41, 5.74) is 0.630. The van der Waals surface area contributed by atoms with E-state index in [2.05, 4.69) is 20.5 Å². The van der Waals surface area contributed by atoms with Gasteiger partial charge in [-0.15, -0.1) is 11.3 Å². The predicted molar refractivity (Wildman–Crippen MR) is 133 cm³/mol. The third-order valence-corrected chi connectivity index (χ3v) is 7.31. The van der Waals surface area contributed by atoms with Crippen LogP contribution in [-0.2, 0) is 25.5 Å². The quantitative estimate of drug-likeness (QED) is 0.463. The number of carbonyl (C=O) groups excluding carboxylic acids is 3. The van der Waals surface area contributed by atoms with E-state index in [4.69, 9.17) is 4.74 Å². The Morgan fingerprint density at radius 2 is 1.85 bits per heavy atom. The van der Waals surface area contributed by atoms with Gasteiger partial charge in [-0.1, -0.05) is 25.7 Å². The molecule has 190 valence electrons. The van der Waals surface area contributed by atoms with Gasteiger partial charge in [-0.2, -0.15) is 0 Å². The number of carbonyl (C=O) groups is 3. The smallest absolute Gasteiger partial charge is 0.245 e. The fraction of sp³-hybridized carbons (Fsp3) is 0.750. The molecule has 3 amide bonds. The lowest BCUT2D eigenvalue weighted by atomic mass is 9.88. The van der Waals surface area contributed by atoms with Crippen molar-refractivity contribution in [1.82, 2.24) is 20.1 Å². The molecular formula is C24H39N5O4S. The minimum Gasteiger partial charge on any atom is -0.383 e. The number of amides is 3. The molecule has 1 aliphatic heterocycles. The Morgan fingerprint density at radius 1 is 1.12 bits per heavy atom. The molecule has 0 spiro atoms. The van der Waals surface area contributed by atoms with E-state index in [9.17, 15) is 14.4 Å². The van der Waals surface area contributed by atoms with Crippen LogP contribution in [0.5, 0.6) is 0 Å². The summed E-state index contributed by atoms with van der Waals surface area (Å²) in [4.78, 5) is 46.2. The van der Waals surface area contributed by atoms with Crippen molar-refractivity contribution < 1.29 is 19.1 Å². The topological polar surface area (TPSA) is 104 Å². The average molecular weight is 494 g/mol. The number of likely N-dealkylation sites (tertiary alicyclic amines) is 1. The third kappa shape index (κ3) is 8.96. The van der Waals surface area contributed by atoms with Crippen LogP contribution in [0.4, 0.5) is 5.13 Å². The number of ether oxygens (including phenoxy) is 1. The molecule has 1 aliphatic carbocycles. The molecule has 10 heteroatoms. The molecular weight excluding hydrogens is 454 g/mol. The van der Waals surface area contributed by atoms with Crippen LogP contribution in [0.15, 0.2) is 5.38 Å². The standard InChI is InChI=1S/C24H39N5O4S/c1-33-15-14-29(23(32)19-8-4-2-5-9-19)17-22(31)27-24-26-20(18-34-24)16-21(30)25-10-13-28-11-6-3-7-12-28/h18-19H,2-17H2,1H3,(H,25,30)(H,26,27,31). The minimum absolute atomic E-state index is 0.00158. The molecule has 0 atom stereocenters. The zero-order valence-corrected chi connectivity index (χ0v) is 21.2. The Kier molecular flexibility index (Phi) is 11.2. The van der Waals surface area contributed by atoms with Gasteiger partial charge >= 0.3 is 0 Å². The molecule has 34 heavy (non-hydrogen) atoms. The highest BCUT2D eigenvalue weighted by molar-refractivity contribution is 7.13. The number of nitrogens with zero attached hydrogens (tertiary/aromatic N) is 3. The normalized spacial score (nSPS) is 17.3. The van der Waals surface area contributed by atoms with Crippen molar-refractivity contribution in [2.75, 3.05) is 58.3 Å². The van der Waals surface area contributed by atoms with Gasteiger partial charge in [0.25, 0.3) is 0 Å².